The average Bonchev–Trinajstić information content (AvgIpc) is 2.20. The highest BCUT2D eigenvalue weighted by Crippen LogP contribution is 2.35. The molecule has 1 heterocycles. The predicted molar refractivity (Wildman–Crippen MR) is 54.3 cm³/mol. The van der Waals surface area contributed by atoms with E-state index in [1.807, 2.05) is 6.92 Å². The van der Waals surface area contributed by atoms with Gasteiger partial charge in [-0.25, -0.2) is 0 Å². The third-order valence-electron chi connectivity index (χ3n) is 2.82. The summed E-state index contributed by atoms with van der Waals surface area (Å²) in [4.78, 5) is 0. The Kier molecular flexibility index (Phi) is 5.07. The standard InChI is InChI=1S/C10H19ClO2/c1-2-12-6-3-10(9-11)4-7-13-8-5-10/h2-9H2,1H3. The highest BCUT2D eigenvalue weighted by atomic mass is 35.5. The Bertz CT molecular complexity index is 133. The number of ether oxygens (including phenoxy) is 2. The van der Waals surface area contributed by atoms with Gasteiger partial charge in [-0.3, -0.25) is 0 Å². The van der Waals surface area contributed by atoms with Gasteiger partial charge in [0, 0.05) is 32.3 Å². The molecule has 0 aromatic rings. The van der Waals surface area contributed by atoms with Crippen molar-refractivity contribution in [3.05, 3.63) is 0 Å². The van der Waals surface area contributed by atoms with E-state index in [4.69, 9.17) is 21.1 Å². The van der Waals surface area contributed by atoms with Crippen molar-refractivity contribution >= 4 is 11.6 Å². The van der Waals surface area contributed by atoms with Crippen LogP contribution in [0.5, 0.6) is 0 Å². The summed E-state index contributed by atoms with van der Waals surface area (Å²) in [6, 6.07) is 0. The molecule has 0 aliphatic carbocycles. The fourth-order valence-electron chi connectivity index (χ4n) is 1.69. The summed E-state index contributed by atoms with van der Waals surface area (Å²) in [5, 5.41) is 0. The maximum atomic E-state index is 6.00. The van der Waals surface area contributed by atoms with Crippen LogP contribution in [0.15, 0.2) is 0 Å². The Labute approximate surface area is 85.5 Å². The van der Waals surface area contributed by atoms with Crippen molar-refractivity contribution in [2.75, 3.05) is 32.3 Å². The van der Waals surface area contributed by atoms with Gasteiger partial charge in [0.1, 0.15) is 0 Å². The van der Waals surface area contributed by atoms with Gasteiger partial charge in [0.15, 0.2) is 0 Å². The first-order valence-corrected chi connectivity index (χ1v) is 5.58. The number of rotatable bonds is 5. The molecule has 1 fully saturated rings. The maximum absolute atomic E-state index is 6.00. The molecule has 1 aliphatic rings. The van der Waals surface area contributed by atoms with E-state index in [0.29, 0.717) is 0 Å². The number of halogens is 1. The zero-order chi connectivity index (χ0) is 9.57. The molecule has 0 aromatic carbocycles. The molecule has 0 unspecified atom stereocenters. The van der Waals surface area contributed by atoms with Crippen molar-refractivity contribution in [1.29, 1.82) is 0 Å². The second-order valence-corrected chi connectivity index (χ2v) is 3.96. The van der Waals surface area contributed by atoms with E-state index in [9.17, 15) is 0 Å². The first kappa shape index (κ1) is 11.3. The molecule has 1 aliphatic heterocycles. The summed E-state index contributed by atoms with van der Waals surface area (Å²) in [5.74, 6) is 0.740. The van der Waals surface area contributed by atoms with Crippen LogP contribution in [-0.2, 0) is 9.47 Å². The molecule has 0 bridgehead atoms. The Morgan fingerprint density at radius 2 is 2.08 bits per heavy atom. The van der Waals surface area contributed by atoms with Gasteiger partial charge >= 0.3 is 0 Å². The first-order chi connectivity index (χ1) is 6.33. The van der Waals surface area contributed by atoms with Crippen LogP contribution in [0.2, 0.25) is 0 Å². The normalized spacial score (nSPS) is 21.7. The van der Waals surface area contributed by atoms with Gasteiger partial charge in [0.2, 0.25) is 0 Å². The third kappa shape index (κ3) is 3.45. The summed E-state index contributed by atoms with van der Waals surface area (Å²) in [6.07, 6.45) is 3.25. The lowest BCUT2D eigenvalue weighted by molar-refractivity contribution is 0.00578. The minimum absolute atomic E-state index is 0.287. The van der Waals surface area contributed by atoms with E-state index in [1.54, 1.807) is 0 Å². The third-order valence-corrected chi connectivity index (χ3v) is 3.38. The van der Waals surface area contributed by atoms with Gasteiger partial charge < -0.3 is 9.47 Å². The quantitative estimate of drug-likeness (QED) is 0.508. The SMILES string of the molecule is CCOCCC1(CCl)CCOCC1. The first-order valence-electron chi connectivity index (χ1n) is 5.04. The molecule has 1 rings (SSSR count). The van der Waals surface area contributed by atoms with Crippen molar-refractivity contribution in [3.63, 3.8) is 0 Å². The number of hydrogen-bond acceptors (Lipinski definition) is 2. The molecular weight excluding hydrogens is 188 g/mol. The van der Waals surface area contributed by atoms with Gasteiger partial charge in [-0.2, -0.15) is 0 Å². The van der Waals surface area contributed by atoms with E-state index < -0.39 is 0 Å². The average molecular weight is 207 g/mol. The molecule has 0 spiro atoms. The van der Waals surface area contributed by atoms with Crippen LogP contribution in [0.25, 0.3) is 0 Å². The Hall–Kier alpha value is 0.210. The summed E-state index contributed by atoms with van der Waals surface area (Å²) in [6.45, 7) is 5.38. The highest BCUT2D eigenvalue weighted by Gasteiger charge is 2.31. The Balaban J connectivity index is 2.29. The van der Waals surface area contributed by atoms with Crippen LogP contribution >= 0.6 is 11.6 Å². The lowest BCUT2D eigenvalue weighted by Gasteiger charge is -2.35. The molecule has 78 valence electrons. The minimum Gasteiger partial charge on any atom is -0.382 e. The summed E-state index contributed by atoms with van der Waals surface area (Å²) in [5.41, 5.74) is 0.287. The monoisotopic (exact) mass is 206 g/mol. The fraction of sp³-hybridized carbons (Fsp3) is 1.00. The van der Waals surface area contributed by atoms with E-state index >= 15 is 0 Å². The molecule has 1 saturated heterocycles. The van der Waals surface area contributed by atoms with Crippen LogP contribution < -0.4 is 0 Å². The van der Waals surface area contributed by atoms with Crippen molar-refractivity contribution in [3.8, 4) is 0 Å². The van der Waals surface area contributed by atoms with Gasteiger partial charge in [-0.05, 0) is 31.6 Å². The van der Waals surface area contributed by atoms with Crippen LogP contribution in [0, 0.1) is 5.41 Å². The molecule has 0 saturated carbocycles. The van der Waals surface area contributed by atoms with Crippen molar-refractivity contribution in [2.24, 2.45) is 5.41 Å². The number of hydrogen-bond donors (Lipinski definition) is 0. The lowest BCUT2D eigenvalue weighted by atomic mass is 9.79. The summed E-state index contributed by atoms with van der Waals surface area (Å²) in [7, 11) is 0. The molecule has 0 aromatic heterocycles. The second-order valence-electron chi connectivity index (χ2n) is 3.69. The molecule has 0 radical (unpaired) electrons. The molecule has 0 atom stereocenters. The van der Waals surface area contributed by atoms with Gasteiger partial charge in [-0.15, -0.1) is 11.6 Å². The van der Waals surface area contributed by atoms with Crippen LogP contribution in [0.3, 0.4) is 0 Å². The minimum atomic E-state index is 0.287. The van der Waals surface area contributed by atoms with E-state index in [0.717, 1.165) is 51.6 Å². The Morgan fingerprint density at radius 1 is 1.38 bits per heavy atom. The largest absolute Gasteiger partial charge is 0.382 e. The summed E-state index contributed by atoms with van der Waals surface area (Å²) < 4.78 is 10.7. The van der Waals surface area contributed by atoms with Gasteiger partial charge in [0.25, 0.3) is 0 Å². The van der Waals surface area contributed by atoms with Crippen LogP contribution in [0.4, 0.5) is 0 Å². The highest BCUT2D eigenvalue weighted by molar-refractivity contribution is 6.18. The summed E-state index contributed by atoms with van der Waals surface area (Å²) >= 11 is 6.00. The van der Waals surface area contributed by atoms with E-state index in [1.165, 1.54) is 0 Å². The molecular formula is C10H19ClO2. The topological polar surface area (TPSA) is 18.5 Å². The smallest absolute Gasteiger partial charge is 0.0471 e. The molecule has 2 nitrogen and oxygen atoms in total. The van der Waals surface area contributed by atoms with Crippen molar-refractivity contribution in [1.82, 2.24) is 0 Å². The Morgan fingerprint density at radius 3 is 2.62 bits per heavy atom. The molecule has 0 amide bonds. The van der Waals surface area contributed by atoms with Crippen LogP contribution in [-0.4, -0.2) is 32.3 Å². The molecule has 3 heteroatoms. The van der Waals surface area contributed by atoms with Crippen molar-refractivity contribution < 1.29 is 9.47 Å². The van der Waals surface area contributed by atoms with Gasteiger partial charge in [0.05, 0.1) is 0 Å². The maximum Gasteiger partial charge on any atom is 0.0471 e. The lowest BCUT2D eigenvalue weighted by Crippen LogP contribution is -2.32. The predicted octanol–water partition coefficient (Wildman–Crippen LogP) is 2.45. The molecule has 13 heavy (non-hydrogen) atoms. The van der Waals surface area contributed by atoms with Gasteiger partial charge in [-0.1, -0.05) is 0 Å². The fourth-order valence-corrected chi connectivity index (χ4v) is 2.09. The van der Waals surface area contributed by atoms with Crippen molar-refractivity contribution in [2.45, 2.75) is 26.2 Å². The van der Waals surface area contributed by atoms with E-state index in [-0.39, 0.29) is 5.41 Å². The zero-order valence-electron chi connectivity index (χ0n) is 8.35. The molecule has 0 N–H and O–H groups in total. The number of alkyl halides is 1. The van der Waals surface area contributed by atoms with Crippen LogP contribution in [0.1, 0.15) is 26.2 Å². The second kappa shape index (κ2) is 5.84. The van der Waals surface area contributed by atoms with E-state index in [2.05, 4.69) is 0 Å². The zero-order valence-corrected chi connectivity index (χ0v) is 9.11.